The Morgan fingerprint density at radius 3 is 1.86 bits per heavy atom. The fourth-order valence-electron chi connectivity index (χ4n) is 3.08. The van der Waals surface area contributed by atoms with Gasteiger partial charge in [0.2, 0.25) is 0 Å². The van der Waals surface area contributed by atoms with Crippen molar-refractivity contribution in [1.29, 1.82) is 0 Å². The number of nitrogens with zero attached hydrogens (tertiary/aromatic N) is 4. The first-order valence-electron chi connectivity index (χ1n) is 10.1. The summed E-state index contributed by atoms with van der Waals surface area (Å²) in [6, 6.07) is 7.80. The van der Waals surface area contributed by atoms with E-state index < -0.39 is 5.97 Å². The SMILES string of the molecule is CN(CC1CC1)c1ccc(Br)cn1.CN(CC1CC1)c1ccc(CC(=O)O)cn1. The van der Waals surface area contributed by atoms with E-state index in [1.807, 2.05) is 37.5 Å². The number of carbonyl (C=O) groups is 1. The zero-order chi connectivity index (χ0) is 20.8. The summed E-state index contributed by atoms with van der Waals surface area (Å²) < 4.78 is 1.04. The first-order chi connectivity index (χ1) is 13.9. The van der Waals surface area contributed by atoms with Crippen LogP contribution in [-0.2, 0) is 11.2 Å². The van der Waals surface area contributed by atoms with E-state index in [4.69, 9.17) is 5.11 Å². The maximum Gasteiger partial charge on any atom is 0.307 e. The van der Waals surface area contributed by atoms with Gasteiger partial charge in [-0.2, -0.15) is 0 Å². The van der Waals surface area contributed by atoms with Gasteiger partial charge in [0, 0.05) is 44.1 Å². The fourth-order valence-corrected chi connectivity index (χ4v) is 3.31. The number of carboxylic acid groups (broad SMARTS) is 1. The van der Waals surface area contributed by atoms with E-state index in [0.29, 0.717) is 0 Å². The minimum atomic E-state index is -0.819. The average Bonchev–Trinajstić information content (AvgIpc) is 3.60. The van der Waals surface area contributed by atoms with Gasteiger partial charge in [0.05, 0.1) is 6.42 Å². The Morgan fingerprint density at radius 2 is 1.48 bits per heavy atom. The smallest absolute Gasteiger partial charge is 0.307 e. The molecule has 6 nitrogen and oxygen atoms in total. The maximum absolute atomic E-state index is 10.5. The Bertz CT molecular complexity index is 789. The van der Waals surface area contributed by atoms with Crippen LogP contribution >= 0.6 is 15.9 Å². The predicted molar refractivity (Wildman–Crippen MR) is 120 cm³/mol. The first-order valence-corrected chi connectivity index (χ1v) is 10.9. The number of aromatic nitrogens is 2. The lowest BCUT2D eigenvalue weighted by Crippen LogP contribution is -2.21. The number of pyridine rings is 2. The van der Waals surface area contributed by atoms with Crippen LogP contribution in [0.3, 0.4) is 0 Å². The summed E-state index contributed by atoms with van der Waals surface area (Å²) in [7, 11) is 4.13. The van der Waals surface area contributed by atoms with Crippen LogP contribution in [0.5, 0.6) is 0 Å². The third-order valence-corrected chi connectivity index (χ3v) is 5.59. The van der Waals surface area contributed by atoms with E-state index in [1.54, 1.807) is 6.20 Å². The highest BCUT2D eigenvalue weighted by molar-refractivity contribution is 9.10. The zero-order valence-electron chi connectivity index (χ0n) is 17.1. The van der Waals surface area contributed by atoms with E-state index in [2.05, 4.69) is 42.7 Å². The van der Waals surface area contributed by atoms with E-state index >= 15 is 0 Å². The van der Waals surface area contributed by atoms with Gasteiger partial charge < -0.3 is 14.9 Å². The molecule has 2 aromatic rings. The lowest BCUT2D eigenvalue weighted by molar-refractivity contribution is -0.136. The molecular formula is C22H29BrN4O2. The molecule has 0 spiro atoms. The number of hydrogen-bond acceptors (Lipinski definition) is 5. The molecule has 0 atom stereocenters. The number of anilines is 2. The van der Waals surface area contributed by atoms with Gasteiger partial charge in [-0.05, 0) is 77.2 Å². The van der Waals surface area contributed by atoms with Crippen LogP contribution in [0.15, 0.2) is 41.1 Å². The number of aliphatic carboxylic acids is 1. The normalized spacial score (nSPS) is 15.3. The Labute approximate surface area is 181 Å². The standard InChI is InChI=1S/C12H16N2O2.C10H13BrN2/c1-14(8-9-2-3-9)11-5-4-10(7-13-11)6-12(15)16;1-13(7-8-2-3-8)10-5-4-9(11)6-12-10/h4-5,7,9H,2-3,6,8H2,1H3,(H,15,16);4-6,8H,2-3,7H2,1H3. The van der Waals surface area contributed by atoms with Crippen LogP contribution in [0.2, 0.25) is 0 Å². The summed E-state index contributed by atoms with van der Waals surface area (Å²) in [5.74, 6) is 2.90. The topological polar surface area (TPSA) is 69.6 Å². The van der Waals surface area contributed by atoms with Crippen molar-refractivity contribution in [3.05, 3.63) is 46.7 Å². The van der Waals surface area contributed by atoms with Crippen molar-refractivity contribution in [3.8, 4) is 0 Å². The van der Waals surface area contributed by atoms with Crippen molar-refractivity contribution in [2.75, 3.05) is 37.0 Å². The maximum atomic E-state index is 10.5. The van der Waals surface area contributed by atoms with E-state index in [-0.39, 0.29) is 6.42 Å². The lowest BCUT2D eigenvalue weighted by Gasteiger charge is -2.17. The Morgan fingerprint density at radius 1 is 0.966 bits per heavy atom. The van der Waals surface area contributed by atoms with Crippen LogP contribution in [0.25, 0.3) is 0 Å². The van der Waals surface area contributed by atoms with Crippen molar-refractivity contribution in [1.82, 2.24) is 9.97 Å². The molecule has 156 valence electrons. The number of carboxylic acids is 1. The second-order valence-electron chi connectivity index (χ2n) is 8.08. The minimum absolute atomic E-state index is 0.0413. The second kappa shape index (κ2) is 10.1. The summed E-state index contributed by atoms with van der Waals surface area (Å²) in [5, 5.41) is 8.63. The van der Waals surface area contributed by atoms with Crippen molar-refractivity contribution in [2.24, 2.45) is 11.8 Å². The molecule has 0 bridgehead atoms. The van der Waals surface area contributed by atoms with Gasteiger partial charge >= 0.3 is 5.97 Å². The molecule has 0 aliphatic heterocycles. The summed E-state index contributed by atoms with van der Waals surface area (Å²) in [5.41, 5.74) is 0.746. The van der Waals surface area contributed by atoms with Crippen molar-refractivity contribution in [2.45, 2.75) is 32.1 Å². The minimum Gasteiger partial charge on any atom is -0.481 e. The third-order valence-electron chi connectivity index (χ3n) is 5.12. The molecule has 2 aliphatic carbocycles. The summed E-state index contributed by atoms with van der Waals surface area (Å²) in [6.07, 6.45) is 8.95. The summed E-state index contributed by atoms with van der Waals surface area (Å²) >= 11 is 3.38. The molecular weight excluding hydrogens is 432 g/mol. The second-order valence-corrected chi connectivity index (χ2v) is 8.99. The predicted octanol–water partition coefficient (Wildman–Crippen LogP) is 4.25. The monoisotopic (exact) mass is 460 g/mol. The van der Waals surface area contributed by atoms with Crippen LogP contribution in [0.1, 0.15) is 31.2 Å². The highest BCUT2D eigenvalue weighted by Crippen LogP contribution is 2.31. The molecule has 2 aliphatic rings. The van der Waals surface area contributed by atoms with E-state index in [1.165, 1.54) is 25.7 Å². The van der Waals surface area contributed by atoms with Gasteiger partial charge in [-0.1, -0.05) is 6.07 Å². The van der Waals surface area contributed by atoms with E-state index in [0.717, 1.165) is 46.6 Å². The molecule has 0 aromatic carbocycles. The van der Waals surface area contributed by atoms with Crippen LogP contribution in [0, 0.1) is 11.8 Å². The fraction of sp³-hybridized carbons (Fsp3) is 0.500. The van der Waals surface area contributed by atoms with E-state index in [9.17, 15) is 4.79 Å². The molecule has 0 unspecified atom stereocenters. The highest BCUT2D eigenvalue weighted by atomic mass is 79.9. The lowest BCUT2D eigenvalue weighted by atomic mass is 10.2. The molecule has 2 fully saturated rings. The van der Waals surface area contributed by atoms with Crippen LogP contribution in [0.4, 0.5) is 11.6 Å². The van der Waals surface area contributed by atoms with Crippen molar-refractivity contribution < 1.29 is 9.90 Å². The Balaban J connectivity index is 0.000000169. The first kappa shape index (κ1) is 21.6. The largest absolute Gasteiger partial charge is 0.481 e. The van der Waals surface area contributed by atoms with Gasteiger partial charge in [-0.3, -0.25) is 4.79 Å². The molecule has 2 aromatic heterocycles. The molecule has 0 saturated heterocycles. The zero-order valence-corrected chi connectivity index (χ0v) is 18.7. The van der Waals surface area contributed by atoms with Crippen molar-refractivity contribution >= 4 is 33.5 Å². The number of hydrogen-bond donors (Lipinski definition) is 1. The van der Waals surface area contributed by atoms with Crippen LogP contribution in [-0.4, -0.2) is 48.2 Å². The van der Waals surface area contributed by atoms with Gasteiger partial charge in [0.25, 0.3) is 0 Å². The van der Waals surface area contributed by atoms with Gasteiger partial charge in [-0.15, -0.1) is 0 Å². The molecule has 29 heavy (non-hydrogen) atoms. The summed E-state index contributed by atoms with van der Waals surface area (Å²) in [4.78, 5) is 23.5. The Kier molecular flexibility index (Phi) is 7.47. The molecule has 2 heterocycles. The molecule has 0 amide bonds. The number of halogens is 1. The third kappa shape index (κ3) is 7.65. The van der Waals surface area contributed by atoms with Gasteiger partial charge in [0.15, 0.2) is 0 Å². The van der Waals surface area contributed by atoms with Gasteiger partial charge in [0.1, 0.15) is 11.6 Å². The molecule has 2 saturated carbocycles. The Hall–Kier alpha value is -2.15. The van der Waals surface area contributed by atoms with Crippen LogP contribution < -0.4 is 9.80 Å². The van der Waals surface area contributed by atoms with Crippen molar-refractivity contribution in [3.63, 3.8) is 0 Å². The summed E-state index contributed by atoms with van der Waals surface area (Å²) in [6.45, 7) is 2.19. The molecule has 7 heteroatoms. The molecule has 4 rings (SSSR count). The van der Waals surface area contributed by atoms with Gasteiger partial charge in [-0.25, -0.2) is 9.97 Å². The number of rotatable bonds is 8. The molecule has 1 N–H and O–H groups in total. The average molecular weight is 461 g/mol. The molecule has 0 radical (unpaired) electrons. The highest BCUT2D eigenvalue weighted by Gasteiger charge is 2.23. The quantitative estimate of drug-likeness (QED) is 0.634.